The lowest BCUT2D eigenvalue weighted by atomic mass is 10.1. The quantitative estimate of drug-likeness (QED) is 0.858. The molecule has 0 saturated heterocycles. The van der Waals surface area contributed by atoms with Crippen molar-refractivity contribution in [2.45, 2.75) is 32.9 Å². The van der Waals surface area contributed by atoms with E-state index >= 15 is 0 Å². The van der Waals surface area contributed by atoms with Crippen molar-refractivity contribution in [1.29, 1.82) is 0 Å². The van der Waals surface area contributed by atoms with Gasteiger partial charge in [0, 0.05) is 18.3 Å². The molecule has 0 amide bonds. The van der Waals surface area contributed by atoms with Gasteiger partial charge in [-0.2, -0.15) is 5.10 Å². The van der Waals surface area contributed by atoms with E-state index in [9.17, 15) is 0 Å². The Hall–Kier alpha value is -1.55. The first-order chi connectivity index (χ1) is 7.70. The fraction of sp³-hybridized carbons (Fsp3) is 0.417. The standard InChI is InChI=1S/C12H17N3O/c1-3-6-15-8-10(7-14-15)12(13)11-5-4-9(2)16-11/h4-5,7-8,12H,3,6,13H2,1-2H3. The van der Waals surface area contributed by atoms with Gasteiger partial charge >= 0.3 is 0 Å². The van der Waals surface area contributed by atoms with Crippen molar-refractivity contribution in [3.63, 3.8) is 0 Å². The SMILES string of the molecule is CCCn1cc(C(N)c2ccc(C)o2)cn1. The molecule has 0 aliphatic heterocycles. The largest absolute Gasteiger partial charge is 0.464 e. The monoisotopic (exact) mass is 219 g/mol. The first-order valence-electron chi connectivity index (χ1n) is 5.55. The Labute approximate surface area is 95.1 Å². The highest BCUT2D eigenvalue weighted by Crippen LogP contribution is 2.20. The topological polar surface area (TPSA) is 57.0 Å². The number of furan rings is 1. The van der Waals surface area contributed by atoms with Gasteiger partial charge in [-0.3, -0.25) is 4.68 Å². The molecule has 86 valence electrons. The first-order valence-corrected chi connectivity index (χ1v) is 5.55. The van der Waals surface area contributed by atoms with Crippen molar-refractivity contribution in [3.8, 4) is 0 Å². The molecule has 0 aromatic carbocycles. The van der Waals surface area contributed by atoms with Gasteiger partial charge in [0.1, 0.15) is 11.5 Å². The normalized spacial score (nSPS) is 12.9. The van der Waals surface area contributed by atoms with Gasteiger partial charge in [0.2, 0.25) is 0 Å². The summed E-state index contributed by atoms with van der Waals surface area (Å²) in [5, 5.41) is 4.25. The maximum Gasteiger partial charge on any atom is 0.125 e. The highest BCUT2D eigenvalue weighted by molar-refractivity contribution is 5.22. The molecule has 2 aromatic heterocycles. The van der Waals surface area contributed by atoms with E-state index in [1.165, 1.54) is 0 Å². The minimum atomic E-state index is -0.223. The molecule has 0 radical (unpaired) electrons. The molecule has 16 heavy (non-hydrogen) atoms. The first kappa shape index (κ1) is 11.0. The average molecular weight is 219 g/mol. The lowest BCUT2D eigenvalue weighted by molar-refractivity contribution is 0.466. The molecule has 0 aliphatic rings. The maximum atomic E-state index is 6.09. The maximum absolute atomic E-state index is 6.09. The van der Waals surface area contributed by atoms with E-state index in [4.69, 9.17) is 10.2 Å². The number of hydrogen-bond acceptors (Lipinski definition) is 3. The summed E-state index contributed by atoms with van der Waals surface area (Å²) in [6.07, 6.45) is 4.85. The number of nitrogens with two attached hydrogens (primary N) is 1. The Morgan fingerprint density at radius 1 is 1.50 bits per heavy atom. The predicted molar refractivity (Wildman–Crippen MR) is 62.0 cm³/mol. The van der Waals surface area contributed by atoms with Crippen LogP contribution in [0.25, 0.3) is 0 Å². The van der Waals surface area contributed by atoms with Crippen LogP contribution in [0.4, 0.5) is 0 Å². The summed E-state index contributed by atoms with van der Waals surface area (Å²) in [6, 6.07) is 3.61. The van der Waals surface area contributed by atoms with Crippen LogP contribution in [0.2, 0.25) is 0 Å². The second-order valence-electron chi connectivity index (χ2n) is 3.96. The fourth-order valence-electron chi connectivity index (χ4n) is 1.68. The molecule has 4 heteroatoms. The molecule has 0 bridgehead atoms. The molecular formula is C12H17N3O. The van der Waals surface area contributed by atoms with Gasteiger partial charge in [0.05, 0.1) is 12.2 Å². The molecular weight excluding hydrogens is 202 g/mol. The Kier molecular flexibility index (Phi) is 3.10. The van der Waals surface area contributed by atoms with Crippen molar-refractivity contribution >= 4 is 0 Å². The Morgan fingerprint density at radius 2 is 2.31 bits per heavy atom. The Morgan fingerprint density at radius 3 is 2.94 bits per heavy atom. The van der Waals surface area contributed by atoms with E-state index < -0.39 is 0 Å². The summed E-state index contributed by atoms with van der Waals surface area (Å²) in [6.45, 7) is 4.96. The molecule has 2 heterocycles. The summed E-state index contributed by atoms with van der Waals surface area (Å²) in [5.74, 6) is 1.67. The zero-order valence-corrected chi connectivity index (χ0v) is 9.68. The molecule has 1 atom stereocenters. The number of aromatic nitrogens is 2. The van der Waals surface area contributed by atoms with Crippen LogP contribution in [-0.2, 0) is 6.54 Å². The molecule has 0 saturated carbocycles. The fourth-order valence-corrected chi connectivity index (χ4v) is 1.68. The lowest BCUT2D eigenvalue weighted by Crippen LogP contribution is -2.10. The number of rotatable bonds is 4. The van der Waals surface area contributed by atoms with Crippen LogP contribution in [0.15, 0.2) is 28.9 Å². The summed E-state index contributed by atoms with van der Waals surface area (Å²) < 4.78 is 7.41. The van der Waals surface area contributed by atoms with Gasteiger partial charge in [-0.05, 0) is 25.5 Å². The van der Waals surface area contributed by atoms with Crippen LogP contribution in [0.5, 0.6) is 0 Å². The second kappa shape index (κ2) is 4.53. The minimum Gasteiger partial charge on any atom is -0.464 e. The van der Waals surface area contributed by atoms with Crippen LogP contribution in [-0.4, -0.2) is 9.78 Å². The highest BCUT2D eigenvalue weighted by Gasteiger charge is 2.14. The van der Waals surface area contributed by atoms with E-state index in [2.05, 4.69) is 12.0 Å². The van der Waals surface area contributed by atoms with Gasteiger partial charge in [0.15, 0.2) is 0 Å². The predicted octanol–water partition coefficient (Wildman–Crippen LogP) is 2.24. The van der Waals surface area contributed by atoms with Gasteiger partial charge < -0.3 is 10.2 Å². The van der Waals surface area contributed by atoms with Gasteiger partial charge in [-0.25, -0.2) is 0 Å². The van der Waals surface area contributed by atoms with Crippen molar-refractivity contribution in [2.75, 3.05) is 0 Å². The second-order valence-corrected chi connectivity index (χ2v) is 3.96. The van der Waals surface area contributed by atoms with Crippen molar-refractivity contribution in [2.24, 2.45) is 5.73 Å². The molecule has 0 spiro atoms. The average Bonchev–Trinajstić information content (AvgIpc) is 2.87. The number of aryl methyl sites for hydroxylation is 2. The zero-order chi connectivity index (χ0) is 11.5. The Balaban J connectivity index is 2.17. The van der Waals surface area contributed by atoms with Crippen LogP contribution in [0.3, 0.4) is 0 Å². The van der Waals surface area contributed by atoms with Crippen molar-refractivity contribution < 1.29 is 4.42 Å². The van der Waals surface area contributed by atoms with E-state index in [0.717, 1.165) is 30.0 Å². The smallest absolute Gasteiger partial charge is 0.125 e. The van der Waals surface area contributed by atoms with Crippen LogP contribution < -0.4 is 5.73 Å². The molecule has 2 aromatic rings. The van der Waals surface area contributed by atoms with Gasteiger partial charge in [-0.1, -0.05) is 6.92 Å². The van der Waals surface area contributed by atoms with Crippen LogP contribution in [0.1, 0.15) is 36.5 Å². The lowest BCUT2D eigenvalue weighted by Gasteiger charge is -2.05. The third-order valence-electron chi connectivity index (χ3n) is 2.53. The number of hydrogen-bond donors (Lipinski definition) is 1. The van der Waals surface area contributed by atoms with E-state index in [-0.39, 0.29) is 6.04 Å². The summed E-state index contributed by atoms with van der Waals surface area (Å²) in [4.78, 5) is 0. The van der Waals surface area contributed by atoms with Crippen molar-refractivity contribution in [3.05, 3.63) is 41.6 Å². The van der Waals surface area contributed by atoms with Gasteiger partial charge in [-0.15, -0.1) is 0 Å². The number of nitrogens with zero attached hydrogens (tertiary/aromatic N) is 2. The zero-order valence-electron chi connectivity index (χ0n) is 9.68. The molecule has 1 unspecified atom stereocenters. The van der Waals surface area contributed by atoms with Crippen LogP contribution >= 0.6 is 0 Å². The summed E-state index contributed by atoms with van der Waals surface area (Å²) >= 11 is 0. The summed E-state index contributed by atoms with van der Waals surface area (Å²) in [7, 11) is 0. The van der Waals surface area contributed by atoms with E-state index in [1.54, 1.807) is 6.20 Å². The molecule has 2 N–H and O–H groups in total. The Bertz CT molecular complexity index is 458. The highest BCUT2D eigenvalue weighted by atomic mass is 16.3. The molecule has 0 aliphatic carbocycles. The third kappa shape index (κ3) is 2.17. The van der Waals surface area contributed by atoms with E-state index in [0.29, 0.717) is 0 Å². The van der Waals surface area contributed by atoms with Crippen molar-refractivity contribution in [1.82, 2.24) is 9.78 Å². The van der Waals surface area contributed by atoms with E-state index in [1.807, 2.05) is 29.9 Å². The minimum absolute atomic E-state index is 0.223. The van der Waals surface area contributed by atoms with Crippen LogP contribution in [0, 0.1) is 6.92 Å². The van der Waals surface area contributed by atoms with Gasteiger partial charge in [0.25, 0.3) is 0 Å². The summed E-state index contributed by atoms with van der Waals surface area (Å²) in [5.41, 5.74) is 7.08. The molecule has 4 nitrogen and oxygen atoms in total. The third-order valence-corrected chi connectivity index (χ3v) is 2.53. The molecule has 2 rings (SSSR count). The molecule has 0 fully saturated rings.